The smallest absolute Gasteiger partial charge is 0.260 e. The molecule has 0 bridgehead atoms. The van der Waals surface area contributed by atoms with E-state index in [0.29, 0.717) is 28.8 Å². The van der Waals surface area contributed by atoms with Crippen molar-refractivity contribution in [3.63, 3.8) is 0 Å². The van der Waals surface area contributed by atoms with Gasteiger partial charge in [-0.1, -0.05) is 0 Å². The first-order valence-electron chi connectivity index (χ1n) is 11.5. The Balaban J connectivity index is 1.35. The predicted octanol–water partition coefficient (Wildman–Crippen LogP) is 3.28. The molecule has 0 unspecified atom stereocenters. The van der Waals surface area contributed by atoms with Gasteiger partial charge in [-0.15, -0.1) is 0 Å². The van der Waals surface area contributed by atoms with Crippen LogP contribution >= 0.6 is 0 Å². The summed E-state index contributed by atoms with van der Waals surface area (Å²) in [5.74, 6) is 0.950. The van der Waals surface area contributed by atoms with Gasteiger partial charge in [0.1, 0.15) is 17.3 Å². The Bertz CT molecular complexity index is 1310. The summed E-state index contributed by atoms with van der Waals surface area (Å²) in [5.41, 5.74) is 1.87. The molecule has 1 aliphatic heterocycles. The summed E-state index contributed by atoms with van der Waals surface area (Å²) in [5, 5.41) is 15.7. The van der Waals surface area contributed by atoms with Gasteiger partial charge < -0.3 is 16.0 Å². The Morgan fingerprint density at radius 2 is 1.82 bits per heavy atom. The van der Waals surface area contributed by atoms with Crippen LogP contribution in [0.15, 0.2) is 49.3 Å². The molecule has 1 fully saturated rings. The van der Waals surface area contributed by atoms with Crippen LogP contribution in [0.25, 0.3) is 22.2 Å². The fourth-order valence-electron chi connectivity index (χ4n) is 3.91. The van der Waals surface area contributed by atoms with Gasteiger partial charge in [0, 0.05) is 36.1 Å². The highest BCUT2D eigenvalue weighted by molar-refractivity contribution is 6.04. The van der Waals surface area contributed by atoms with Crippen LogP contribution in [0.3, 0.4) is 0 Å². The highest BCUT2D eigenvalue weighted by Gasteiger charge is 2.15. The average molecular weight is 458 g/mol. The molecule has 0 saturated carbocycles. The van der Waals surface area contributed by atoms with Crippen molar-refractivity contribution < 1.29 is 4.79 Å². The number of hydrogen-bond donors (Lipinski definition) is 3. The number of anilines is 2. The normalized spacial score (nSPS) is 14.4. The summed E-state index contributed by atoms with van der Waals surface area (Å²) in [4.78, 5) is 30.6. The number of carbonyl (C=O) groups excluding carboxylic acids is 1. The SMILES string of the molecule is CC(C)n1cc(C(=O)Nc2cc3cc(-c4cncc(NC5CCNCC5)n4)ncc3cn2)cn1. The first-order chi connectivity index (χ1) is 16.5. The van der Waals surface area contributed by atoms with E-state index in [1.807, 2.05) is 26.0 Å². The second kappa shape index (κ2) is 9.52. The lowest BCUT2D eigenvalue weighted by atomic mass is 10.1. The number of pyridine rings is 2. The number of amides is 1. The summed E-state index contributed by atoms with van der Waals surface area (Å²) in [7, 11) is 0. The zero-order valence-electron chi connectivity index (χ0n) is 19.2. The first-order valence-corrected chi connectivity index (χ1v) is 11.5. The molecule has 1 amide bonds. The molecule has 0 aliphatic carbocycles. The van der Waals surface area contributed by atoms with Crippen molar-refractivity contribution >= 4 is 28.3 Å². The topological polar surface area (TPSA) is 123 Å². The molecule has 0 spiro atoms. The molecule has 5 rings (SSSR count). The molecule has 5 heterocycles. The van der Waals surface area contributed by atoms with Crippen LogP contribution < -0.4 is 16.0 Å². The molecule has 1 saturated heterocycles. The summed E-state index contributed by atoms with van der Waals surface area (Å²) < 4.78 is 1.75. The Hall–Kier alpha value is -3.92. The minimum atomic E-state index is -0.254. The maximum atomic E-state index is 12.6. The molecular weight excluding hydrogens is 430 g/mol. The number of nitrogens with one attached hydrogen (secondary N) is 3. The van der Waals surface area contributed by atoms with Crippen molar-refractivity contribution in [2.24, 2.45) is 0 Å². The van der Waals surface area contributed by atoms with E-state index >= 15 is 0 Å². The lowest BCUT2D eigenvalue weighted by Gasteiger charge is -2.24. The van der Waals surface area contributed by atoms with Crippen LogP contribution in [0.4, 0.5) is 11.6 Å². The van der Waals surface area contributed by atoms with E-state index < -0.39 is 0 Å². The van der Waals surface area contributed by atoms with E-state index in [1.54, 1.807) is 41.9 Å². The highest BCUT2D eigenvalue weighted by atomic mass is 16.1. The number of aromatic nitrogens is 6. The van der Waals surface area contributed by atoms with Crippen molar-refractivity contribution in [1.29, 1.82) is 0 Å². The Morgan fingerprint density at radius 1 is 1.00 bits per heavy atom. The average Bonchev–Trinajstić information content (AvgIpc) is 3.36. The minimum Gasteiger partial charge on any atom is -0.366 e. The van der Waals surface area contributed by atoms with Crippen LogP contribution in [0.5, 0.6) is 0 Å². The third-order valence-corrected chi connectivity index (χ3v) is 5.83. The molecule has 0 aromatic carbocycles. The molecule has 34 heavy (non-hydrogen) atoms. The van der Waals surface area contributed by atoms with Crippen LogP contribution in [0, 0.1) is 0 Å². The monoisotopic (exact) mass is 457 g/mol. The summed E-state index contributed by atoms with van der Waals surface area (Å²) in [6, 6.07) is 4.33. The number of hydrogen-bond acceptors (Lipinski definition) is 8. The zero-order valence-corrected chi connectivity index (χ0v) is 19.2. The quantitative estimate of drug-likeness (QED) is 0.403. The van der Waals surface area contributed by atoms with Gasteiger partial charge in [-0.05, 0) is 57.3 Å². The lowest BCUT2D eigenvalue weighted by Crippen LogP contribution is -2.35. The molecule has 4 aromatic rings. The van der Waals surface area contributed by atoms with Gasteiger partial charge in [-0.2, -0.15) is 5.10 Å². The molecule has 1 aliphatic rings. The molecule has 10 nitrogen and oxygen atoms in total. The molecule has 174 valence electrons. The summed E-state index contributed by atoms with van der Waals surface area (Å²) in [6.45, 7) is 6.03. The van der Waals surface area contributed by atoms with E-state index in [-0.39, 0.29) is 11.9 Å². The van der Waals surface area contributed by atoms with Crippen LogP contribution in [-0.2, 0) is 0 Å². The molecule has 0 radical (unpaired) electrons. The third-order valence-electron chi connectivity index (χ3n) is 5.83. The van der Waals surface area contributed by atoms with Crippen LogP contribution in [-0.4, -0.2) is 54.8 Å². The summed E-state index contributed by atoms with van der Waals surface area (Å²) in [6.07, 6.45) is 12.3. The second-order valence-corrected chi connectivity index (χ2v) is 8.70. The van der Waals surface area contributed by atoms with Gasteiger partial charge in [-0.3, -0.25) is 19.4 Å². The fraction of sp³-hybridized carbons (Fsp3) is 0.333. The van der Waals surface area contributed by atoms with Crippen molar-refractivity contribution in [2.75, 3.05) is 23.7 Å². The molecule has 4 aromatic heterocycles. The molecule has 3 N–H and O–H groups in total. The third kappa shape index (κ3) is 4.86. The highest BCUT2D eigenvalue weighted by Crippen LogP contribution is 2.23. The van der Waals surface area contributed by atoms with Gasteiger partial charge in [0.2, 0.25) is 0 Å². The molecule has 10 heteroatoms. The number of fused-ring (bicyclic) bond motifs is 1. The first kappa shape index (κ1) is 21.9. The number of piperidine rings is 1. The number of nitrogens with zero attached hydrogens (tertiary/aromatic N) is 6. The van der Waals surface area contributed by atoms with Gasteiger partial charge in [0.15, 0.2) is 0 Å². The van der Waals surface area contributed by atoms with Gasteiger partial charge >= 0.3 is 0 Å². The fourth-order valence-corrected chi connectivity index (χ4v) is 3.91. The Kier molecular flexibility index (Phi) is 6.13. The summed E-state index contributed by atoms with van der Waals surface area (Å²) >= 11 is 0. The Morgan fingerprint density at radius 3 is 2.62 bits per heavy atom. The number of carbonyl (C=O) groups is 1. The Labute approximate surface area is 197 Å². The number of rotatable bonds is 6. The second-order valence-electron chi connectivity index (χ2n) is 8.70. The maximum Gasteiger partial charge on any atom is 0.260 e. The van der Waals surface area contributed by atoms with Crippen LogP contribution in [0.2, 0.25) is 0 Å². The van der Waals surface area contributed by atoms with E-state index in [9.17, 15) is 4.79 Å². The lowest BCUT2D eigenvalue weighted by molar-refractivity contribution is 0.102. The van der Waals surface area contributed by atoms with E-state index in [2.05, 4.69) is 36.0 Å². The van der Waals surface area contributed by atoms with E-state index in [0.717, 1.165) is 42.5 Å². The van der Waals surface area contributed by atoms with E-state index in [4.69, 9.17) is 4.98 Å². The van der Waals surface area contributed by atoms with Gasteiger partial charge in [0.05, 0.1) is 29.8 Å². The maximum absolute atomic E-state index is 12.6. The predicted molar refractivity (Wildman–Crippen MR) is 131 cm³/mol. The standard InChI is InChI=1S/C24H27N9O/c1-15(2)33-14-18(11-29-33)24(34)32-22-8-16-7-20(27-9-17(16)10-28-22)21-12-26-13-23(31-21)30-19-3-5-25-6-4-19/h7-15,19,25H,3-6H2,1-2H3,(H,30,31)(H,28,32,34). The van der Waals surface area contributed by atoms with Gasteiger partial charge in [-0.25, -0.2) is 9.97 Å². The van der Waals surface area contributed by atoms with Crippen molar-refractivity contribution in [1.82, 2.24) is 35.0 Å². The van der Waals surface area contributed by atoms with Crippen molar-refractivity contribution in [3.05, 3.63) is 54.9 Å². The van der Waals surface area contributed by atoms with Crippen molar-refractivity contribution in [2.45, 2.75) is 38.8 Å². The zero-order chi connectivity index (χ0) is 23.5. The minimum absolute atomic E-state index is 0.183. The molecule has 0 atom stereocenters. The van der Waals surface area contributed by atoms with Gasteiger partial charge in [0.25, 0.3) is 5.91 Å². The van der Waals surface area contributed by atoms with Crippen molar-refractivity contribution in [3.8, 4) is 11.4 Å². The van der Waals surface area contributed by atoms with E-state index in [1.165, 1.54) is 0 Å². The molecular formula is C24H27N9O. The van der Waals surface area contributed by atoms with Crippen LogP contribution in [0.1, 0.15) is 43.1 Å². The largest absolute Gasteiger partial charge is 0.366 e.